The zero-order valence-electron chi connectivity index (χ0n) is 13.0. The summed E-state index contributed by atoms with van der Waals surface area (Å²) in [5.74, 6) is 1.15. The van der Waals surface area contributed by atoms with Crippen molar-refractivity contribution in [2.45, 2.75) is 19.8 Å². The summed E-state index contributed by atoms with van der Waals surface area (Å²) in [5.41, 5.74) is 9.06. The summed E-state index contributed by atoms with van der Waals surface area (Å²) in [5, 5.41) is 0. The molecule has 3 aromatic rings. The third kappa shape index (κ3) is 1.30. The van der Waals surface area contributed by atoms with Gasteiger partial charge in [-0.3, -0.25) is 0 Å². The lowest BCUT2D eigenvalue weighted by molar-refractivity contribution is -0.680. The van der Waals surface area contributed by atoms with Crippen LogP contribution in [0.25, 0.3) is 16.9 Å². The number of rotatable bonds is 0. The molecule has 0 fully saturated rings. The lowest BCUT2D eigenvalue weighted by Gasteiger charge is -2.07. The average Bonchev–Trinajstić information content (AvgIpc) is 3.10. The van der Waals surface area contributed by atoms with E-state index in [1.165, 1.54) is 28.2 Å². The standard InChI is InChI=1S/C18H17N4/c1-11-6-7-12-9-13-10-15-19-14-5-4-8-20(2)18(14)22(15)17(13)16(12)21(11)3/h4-7H,9-10H2,1-3H3/q+1. The van der Waals surface area contributed by atoms with Crippen molar-refractivity contribution in [3.8, 4) is 0 Å². The van der Waals surface area contributed by atoms with E-state index in [-0.39, 0.29) is 0 Å². The minimum atomic E-state index is 0.956. The van der Waals surface area contributed by atoms with Crippen LogP contribution in [-0.2, 0) is 26.9 Å². The van der Waals surface area contributed by atoms with Crippen LogP contribution < -0.4 is 9.13 Å². The molecule has 0 saturated heterocycles. The van der Waals surface area contributed by atoms with Gasteiger partial charge in [-0.1, -0.05) is 0 Å². The maximum Gasteiger partial charge on any atom is 0.255 e. The first-order chi connectivity index (χ1) is 10.6. The quantitative estimate of drug-likeness (QED) is 0.450. The molecule has 5 rings (SSSR count). The molecule has 1 aliphatic carbocycles. The van der Waals surface area contributed by atoms with Crippen molar-refractivity contribution in [3.63, 3.8) is 0 Å². The molecule has 0 radical (unpaired) electrons. The van der Waals surface area contributed by atoms with Gasteiger partial charge in [0.25, 0.3) is 5.69 Å². The van der Waals surface area contributed by atoms with Gasteiger partial charge in [0.2, 0.25) is 5.65 Å². The fraction of sp³-hybridized carbons (Fsp3) is 0.278. The van der Waals surface area contributed by atoms with Crippen LogP contribution in [0.2, 0.25) is 0 Å². The van der Waals surface area contributed by atoms with Crippen LogP contribution in [0.4, 0.5) is 0 Å². The first-order valence-electron chi connectivity index (χ1n) is 7.64. The second-order valence-electron chi connectivity index (χ2n) is 6.31. The van der Waals surface area contributed by atoms with Crippen LogP contribution in [-0.4, -0.2) is 9.55 Å². The van der Waals surface area contributed by atoms with Crippen molar-refractivity contribution in [2.75, 3.05) is 0 Å². The molecule has 1 aliphatic heterocycles. The molecule has 22 heavy (non-hydrogen) atoms. The molecular weight excluding hydrogens is 272 g/mol. The third-order valence-corrected chi connectivity index (χ3v) is 5.03. The zero-order chi connectivity index (χ0) is 15.0. The minimum Gasteiger partial charge on any atom is -0.342 e. The SMILES string of the molecule is Cc1ccc2c([n+]1C)C1=C(C2)Cc2nc3cc[c-][n+](C)c3n21. The molecule has 108 valence electrons. The van der Waals surface area contributed by atoms with Gasteiger partial charge >= 0.3 is 0 Å². The Morgan fingerprint density at radius 3 is 2.91 bits per heavy atom. The molecule has 3 aromatic heterocycles. The predicted octanol–water partition coefficient (Wildman–Crippen LogP) is 1.17. The molecule has 0 unspecified atom stereocenters. The number of hydrogen-bond donors (Lipinski definition) is 0. The number of hydrogen-bond acceptors (Lipinski definition) is 1. The Labute approximate surface area is 129 Å². The summed E-state index contributed by atoms with van der Waals surface area (Å²) < 4.78 is 6.70. The van der Waals surface area contributed by atoms with Crippen LogP contribution in [0.3, 0.4) is 0 Å². The summed E-state index contributed by atoms with van der Waals surface area (Å²) in [6.45, 7) is 2.16. The molecule has 0 bridgehead atoms. The Morgan fingerprint density at radius 1 is 1.18 bits per heavy atom. The first kappa shape index (κ1) is 12.1. The number of fused-ring (bicyclic) bond motifs is 6. The highest BCUT2D eigenvalue weighted by molar-refractivity contribution is 5.84. The van der Waals surface area contributed by atoms with E-state index in [2.05, 4.69) is 46.0 Å². The van der Waals surface area contributed by atoms with Gasteiger partial charge in [0.05, 0.1) is 13.5 Å². The topological polar surface area (TPSA) is 25.6 Å². The molecule has 4 nitrogen and oxygen atoms in total. The van der Waals surface area contributed by atoms with Gasteiger partial charge in [0.1, 0.15) is 7.05 Å². The molecule has 4 heterocycles. The van der Waals surface area contributed by atoms with Crippen molar-refractivity contribution < 1.29 is 9.13 Å². The maximum atomic E-state index is 4.83. The first-order valence-corrected chi connectivity index (χ1v) is 7.64. The summed E-state index contributed by atoms with van der Waals surface area (Å²) in [4.78, 5) is 4.83. The average molecular weight is 289 g/mol. The molecule has 4 heteroatoms. The van der Waals surface area contributed by atoms with Gasteiger partial charge in [0, 0.05) is 36.7 Å². The normalized spacial score (nSPS) is 15.4. The van der Waals surface area contributed by atoms with E-state index >= 15 is 0 Å². The van der Waals surface area contributed by atoms with Gasteiger partial charge < -0.3 is 4.57 Å². The van der Waals surface area contributed by atoms with E-state index in [9.17, 15) is 0 Å². The molecule has 0 N–H and O–H groups in total. The Balaban J connectivity index is 1.88. The van der Waals surface area contributed by atoms with E-state index in [0.29, 0.717) is 0 Å². The molecule has 2 aliphatic rings. The lowest BCUT2D eigenvalue weighted by atomic mass is 10.1. The van der Waals surface area contributed by atoms with Crippen molar-refractivity contribution in [1.82, 2.24) is 9.55 Å². The number of aryl methyl sites for hydroxylation is 2. The molecule has 0 spiro atoms. The molecule has 0 atom stereocenters. The third-order valence-electron chi connectivity index (χ3n) is 5.03. The van der Waals surface area contributed by atoms with E-state index in [1.807, 2.05) is 19.2 Å². The van der Waals surface area contributed by atoms with Gasteiger partial charge in [0.15, 0.2) is 17.2 Å². The minimum absolute atomic E-state index is 0.956. The fourth-order valence-corrected chi connectivity index (χ4v) is 3.89. The highest BCUT2D eigenvalue weighted by Crippen LogP contribution is 2.40. The summed E-state index contributed by atoms with van der Waals surface area (Å²) >= 11 is 0. The Bertz CT molecular complexity index is 1010. The second kappa shape index (κ2) is 3.83. The number of nitrogens with zero attached hydrogens (tertiary/aromatic N) is 4. The smallest absolute Gasteiger partial charge is 0.255 e. The van der Waals surface area contributed by atoms with Gasteiger partial charge in [-0.2, -0.15) is 4.57 Å². The van der Waals surface area contributed by atoms with E-state index in [0.717, 1.165) is 29.8 Å². The van der Waals surface area contributed by atoms with Crippen LogP contribution in [0, 0.1) is 13.1 Å². The van der Waals surface area contributed by atoms with Crippen molar-refractivity contribution >= 4 is 16.9 Å². The second-order valence-corrected chi connectivity index (χ2v) is 6.31. The predicted molar refractivity (Wildman–Crippen MR) is 81.8 cm³/mol. The van der Waals surface area contributed by atoms with Crippen molar-refractivity contribution in [3.05, 3.63) is 58.8 Å². The van der Waals surface area contributed by atoms with E-state index in [4.69, 9.17) is 4.98 Å². The fourth-order valence-electron chi connectivity index (χ4n) is 3.89. The lowest BCUT2D eigenvalue weighted by Crippen LogP contribution is -2.38. The van der Waals surface area contributed by atoms with Crippen molar-refractivity contribution in [1.29, 1.82) is 0 Å². The molecule has 0 saturated carbocycles. The van der Waals surface area contributed by atoms with Gasteiger partial charge in [-0.25, -0.2) is 9.55 Å². The van der Waals surface area contributed by atoms with Crippen LogP contribution >= 0.6 is 0 Å². The van der Waals surface area contributed by atoms with E-state index < -0.39 is 0 Å². The summed E-state index contributed by atoms with van der Waals surface area (Å²) in [6.07, 6.45) is 5.25. The largest absolute Gasteiger partial charge is 0.342 e. The Morgan fingerprint density at radius 2 is 2.05 bits per heavy atom. The monoisotopic (exact) mass is 289 g/mol. The van der Waals surface area contributed by atoms with Gasteiger partial charge in [-0.05, 0) is 11.6 Å². The van der Waals surface area contributed by atoms with Gasteiger partial charge in [-0.15, -0.1) is 12.1 Å². The van der Waals surface area contributed by atoms with Crippen molar-refractivity contribution in [2.24, 2.45) is 14.1 Å². The number of imidazole rings is 1. The van der Waals surface area contributed by atoms with Crippen LogP contribution in [0.5, 0.6) is 0 Å². The molecular formula is C18H17N4+. The Hall–Kier alpha value is -2.49. The number of pyridine rings is 2. The maximum absolute atomic E-state index is 4.83. The number of aromatic nitrogens is 4. The summed E-state index contributed by atoms with van der Waals surface area (Å²) in [6, 6.07) is 8.47. The highest BCUT2D eigenvalue weighted by Gasteiger charge is 2.41. The van der Waals surface area contributed by atoms with Crippen LogP contribution in [0.1, 0.15) is 22.8 Å². The summed E-state index contributed by atoms with van der Waals surface area (Å²) in [7, 11) is 4.20. The molecule has 0 aromatic carbocycles. The number of allylic oxidation sites excluding steroid dienone is 1. The Kier molecular flexibility index (Phi) is 2.10. The van der Waals surface area contributed by atoms with E-state index in [1.54, 1.807) is 0 Å². The zero-order valence-corrected chi connectivity index (χ0v) is 13.0. The molecule has 0 amide bonds. The highest BCUT2D eigenvalue weighted by atomic mass is 15.2. The van der Waals surface area contributed by atoms with Crippen LogP contribution in [0.15, 0.2) is 29.8 Å².